The maximum absolute atomic E-state index is 11.8. The van der Waals surface area contributed by atoms with E-state index in [4.69, 9.17) is 14.2 Å². The maximum atomic E-state index is 11.8. The van der Waals surface area contributed by atoms with Crippen LogP contribution in [0.3, 0.4) is 0 Å². The third-order valence-electron chi connectivity index (χ3n) is 5.87. The minimum Gasteiger partial charge on any atom is -0.497 e. The molecule has 28 heavy (non-hydrogen) atoms. The highest BCUT2D eigenvalue weighted by atomic mass is 16.6. The highest BCUT2D eigenvalue weighted by Crippen LogP contribution is 2.40. The summed E-state index contributed by atoms with van der Waals surface area (Å²) in [6.45, 7) is 2.42. The van der Waals surface area contributed by atoms with Crippen LogP contribution in [0.5, 0.6) is 17.2 Å². The Morgan fingerprint density at radius 2 is 1.82 bits per heavy atom. The summed E-state index contributed by atoms with van der Waals surface area (Å²) in [7, 11) is 1.67. The van der Waals surface area contributed by atoms with Crippen molar-refractivity contribution in [3.63, 3.8) is 0 Å². The predicted molar refractivity (Wildman–Crippen MR) is 106 cm³/mol. The molecule has 6 nitrogen and oxygen atoms in total. The molecule has 0 bridgehead atoms. The van der Waals surface area contributed by atoms with Gasteiger partial charge in [0, 0.05) is 12.0 Å². The first-order chi connectivity index (χ1) is 13.7. The van der Waals surface area contributed by atoms with Gasteiger partial charge in [0.15, 0.2) is 18.0 Å². The van der Waals surface area contributed by atoms with Crippen molar-refractivity contribution >= 4 is 11.5 Å². The lowest BCUT2D eigenvalue weighted by Gasteiger charge is -2.26. The summed E-state index contributed by atoms with van der Waals surface area (Å²) in [6.07, 6.45) is 3.17. The monoisotopic (exact) mass is 381 g/mol. The second kappa shape index (κ2) is 6.71. The molecule has 0 amide bonds. The van der Waals surface area contributed by atoms with E-state index in [9.17, 15) is 5.11 Å². The van der Waals surface area contributed by atoms with Gasteiger partial charge in [0.05, 0.1) is 13.7 Å². The van der Waals surface area contributed by atoms with E-state index in [0.29, 0.717) is 25.5 Å². The first-order valence-corrected chi connectivity index (χ1v) is 9.86. The first-order valence-electron chi connectivity index (χ1n) is 9.86. The molecule has 1 N–H and O–H groups in total. The van der Waals surface area contributed by atoms with Crippen LogP contribution in [-0.4, -0.2) is 48.9 Å². The van der Waals surface area contributed by atoms with Gasteiger partial charge in [-0.1, -0.05) is 0 Å². The van der Waals surface area contributed by atoms with Gasteiger partial charge in [-0.05, 0) is 55.3 Å². The second-order valence-electron chi connectivity index (χ2n) is 7.48. The molecule has 6 heteroatoms. The van der Waals surface area contributed by atoms with Gasteiger partial charge in [-0.2, -0.15) is 0 Å². The zero-order valence-corrected chi connectivity index (χ0v) is 16.1. The van der Waals surface area contributed by atoms with Crippen molar-refractivity contribution in [2.24, 2.45) is 0 Å². The molecule has 0 saturated carbocycles. The number of aliphatic hydroxyl groups is 1. The van der Waals surface area contributed by atoms with Gasteiger partial charge in [0.1, 0.15) is 24.7 Å². The minimum atomic E-state index is -1.09. The quantitative estimate of drug-likeness (QED) is 0.829. The predicted octanol–water partition coefficient (Wildman–Crippen LogP) is 2.73. The average Bonchev–Trinajstić information content (AvgIpc) is 3.08. The lowest BCUT2D eigenvalue weighted by Crippen LogP contribution is -2.41. The Bertz CT molecular complexity index is 925. The Labute approximate surface area is 164 Å². The van der Waals surface area contributed by atoms with Crippen LogP contribution in [0.25, 0.3) is 0 Å². The van der Waals surface area contributed by atoms with Crippen LogP contribution in [0.2, 0.25) is 0 Å². The number of β-amino-alcohol motifs (C(OH)–C–C–N with tert-alkyl or cyclic N) is 1. The molecule has 0 aliphatic carbocycles. The van der Waals surface area contributed by atoms with E-state index in [2.05, 4.69) is 9.48 Å². The van der Waals surface area contributed by atoms with Crippen molar-refractivity contribution in [3.8, 4) is 17.2 Å². The Morgan fingerprint density at radius 3 is 2.61 bits per heavy atom. The smallest absolute Gasteiger partial charge is 0.271 e. The van der Waals surface area contributed by atoms with Crippen LogP contribution < -0.4 is 19.1 Å². The molecule has 3 heterocycles. The Balaban J connectivity index is 1.55. The van der Waals surface area contributed by atoms with Crippen LogP contribution in [0.4, 0.5) is 5.69 Å². The van der Waals surface area contributed by atoms with E-state index in [0.717, 1.165) is 48.6 Å². The van der Waals surface area contributed by atoms with Gasteiger partial charge in [-0.15, -0.1) is 0 Å². The molecular weight excluding hydrogens is 356 g/mol. The van der Waals surface area contributed by atoms with Gasteiger partial charge < -0.3 is 19.3 Å². The Kier molecular flexibility index (Phi) is 4.16. The van der Waals surface area contributed by atoms with E-state index in [1.54, 1.807) is 7.11 Å². The van der Waals surface area contributed by atoms with E-state index >= 15 is 0 Å². The molecule has 0 spiro atoms. The van der Waals surface area contributed by atoms with Crippen molar-refractivity contribution in [1.29, 1.82) is 0 Å². The number of hydrogen-bond donors (Lipinski definition) is 1. The van der Waals surface area contributed by atoms with Crippen LogP contribution in [0, 0.1) is 0 Å². The Hall–Kier alpha value is -2.73. The third kappa shape index (κ3) is 2.71. The molecule has 3 aliphatic rings. The molecule has 5 rings (SSSR count). The summed E-state index contributed by atoms with van der Waals surface area (Å²) < 4.78 is 18.8. The Morgan fingerprint density at radius 1 is 1.04 bits per heavy atom. The summed E-state index contributed by atoms with van der Waals surface area (Å²) in [5.74, 6) is 3.45. The summed E-state index contributed by atoms with van der Waals surface area (Å²) in [6, 6.07) is 13.8. The zero-order chi connectivity index (χ0) is 19.1. The lowest BCUT2D eigenvalue weighted by atomic mass is 10.0. The largest absolute Gasteiger partial charge is 0.497 e. The van der Waals surface area contributed by atoms with Gasteiger partial charge in [0.2, 0.25) is 0 Å². The number of ether oxygens (including phenoxy) is 3. The van der Waals surface area contributed by atoms with Gasteiger partial charge in [-0.25, -0.2) is 9.48 Å². The third-order valence-corrected chi connectivity index (χ3v) is 5.87. The van der Waals surface area contributed by atoms with Gasteiger partial charge >= 0.3 is 0 Å². The summed E-state index contributed by atoms with van der Waals surface area (Å²) >= 11 is 0. The molecule has 0 fully saturated rings. The first kappa shape index (κ1) is 17.4. The highest BCUT2D eigenvalue weighted by Gasteiger charge is 2.52. The van der Waals surface area contributed by atoms with Crippen LogP contribution >= 0.6 is 0 Å². The number of anilines is 1. The summed E-state index contributed by atoms with van der Waals surface area (Å²) in [4.78, 5) is 2.23. The molecule has 0 aromatic heterocycles. The topological polar surface area (TPSA) is 54.2 Å². The minimum absolute atomic E-state index is 0.480. The fourth-order valence-electron chi connectivity index (χ4n) is 4.44. The molecule has 1 atom stereocenters. The molecular formula is C22H25N2O4+. The van der Waals surface area contributed by atoms with Crippen LogP contribution in [-0.2, 0) is 5.72 Å². The highest BCUT2D eigenvalue weighted by molar-refractivity contribution is 5.96. The number of amidine groups is 1. The standard InChI is InChI=1S/C22H25N2O4/c1-26-18-8-6-17(7-9-18)23-15-22(25,24-11-3-2-4-21(23)24)16-5-10-19-20(14-16)28-13-12-27-19/h5-10,14,25H,2-4,11-13,15H2,1H3/q+1/t22-/m1/s1. The zero-order valence-electron chi connectivity index (χ0n) is 16.1. The molecule has 0 radical (unpaired) electrons. The maximum Gasteiger partial charge on any atom is 0.271 e. The number of hydrogen-bond acceptors (Lipinski definition) is 5. The normalized spacial score (nSPS) is 23.6. The molecule has 146 valence electrons. The van der Waals surface area contributed by atoms with Crippen LogP contribution in [0.1, 0.15) is 24.8 Å². The SMILES string of the molecule is COc1ccc(N2C[C@@](O)(c3ccc4c(c3)OCCO4)[N+]3=C2CCCC3)cc1. The fourth-order valence-corrected chi connectivity index (χ4v) is 4.44. The molecule has 0 unspecified atom stereocenters. The lowest BCUT2D eigenvalue weighted by molar-refractivity contribution is -0.661. The molecule has 2 aromatic rings. The van der Waals surface area contributed by atoms with Crippen molar-refractivity contribution in [1.82, 2.24) is 0 Å². The van der Waals surface area contributed by atoms with E-state index in [1.807, 2.05) is 42.5 Å². The van der Waals surface area contributed by atoms with Crippen molar-refractivity contribution in [3.05, 3.63) is 48.0 Å². The van der Waals surface area contributed by atoms with E-state index in [1.165, 1.54) is 5.84 Å². The van der Waals surface area contributed by atoms with Gasteiger partial charge in [-0.3, -0.25) is 0 Å². The molecule has 0 saturated heterocycles. The number of nitrogens with zero attached hydrogens (tertiary/aromatic N) is 2. The van der Waals surface area contributed by atoms with Gasteiger partial charge in [0.25, 0.3) is 11.6 Å². The average molecular weight is 381 g/mol. The number of rotatable bonds is 3. The van der Waals surface area contributed by atoms with E-state index in [-0.39, 0.29) is 0 Å². The van der Waals surface area contributed by atoms with Crippen molar-refractivity contribution < 1.29 is 23.9 Å². The summed E-state index contributed by atoms with van der Waals surface area (Å²) in [5, 5.41) is 11.8. The van der Waals surface area contributed by atoms with E-state index < -0.39 is 5.72 Å². The molecule has 2 aromatic carbocycles. The number of benzene rings is 2. The summed E-state index contributed by atoms with van der Waals surface area (Å²) in [5.41, 5.74) is 0.814. The van der Waals surface area contributed by atoms with Crippen LogP contribution in [0.15, 0.2) is 42.5 Å². The second-order valence-corrected chi connectivity index (χ2v) is 7.48. The van der Waals surface area contributed by atoms with Crippen molar-refractivity contribution in [2.75, 3.05) is 38.3 Å². The molecule has 3 aliphatic heterocycles. The number of fused-ring (bicyclic) bond motifs is 1. The fraction of sp³-hybridized carbons (Fsp3) is 0.409. The van der Waals surface area contributed by atoms with Crippen molar-refractivity contribution in [2.45, 2.75) is 25.0 Å². The number of methoxy groups -OCH3 is 1.